The highest BCUT2D eigenvalue weighted by atomic mass is 16.5. The first-order chi connectivity index (χ1) is 13.9. The third kappa shape index (κ3) is 5.32. The highest BCUT2D eigenvalue weighted by Gasteiger charge is 2.39. The number of nitrogens with zero attached hydrogens (tertiary/aromatic N) is 2. The summed E-state index contributed by atoms with van der Waals surface area (Å²) in [6.07, 6.45) is 4.65. The van der Waals surface area contributed by atoms with Gasteiger partial charge < -0.3 is 24.9 Å². The summed E-state index contributed by atoms with van der Waals surface area (Å²) in [5.74, 6) is 2.30. The molecule has 1 atom stereocenters. The topological polar surface area (TPSA) is 82.3 Å². The fraction of sp³-hybridized carbons (Fsp3) is 0.773. The Bertz CT molecular complexity index is 686. The number of aliphatic hydroxyl groups is 1. The Morgan fingerprint density at radius 1 is 1.24 bits per heavy atom. The maximum Gasteiger partial charge on any atom is 0.191 e. The molecule has 3 heterocycles. The first kappa shape index (κ1) is 22.1. The van der Waals surface area contributed by atoms with E-state index in [4.69, 9.17) is 14.1 Å². The minimum atomic E-state index is -1.07. The molecule has 2 aliphatic rings. The van der Waals surface area contributed by atoms with E-state index >= 15 is 0 Å². The fourth-order valence-electron chi connectivity index (χ4n) is 4.62. The van der Waals surface area contributed by atoms with Crippen molar-refractivity contribution in [2.45, 2.75) is 64.5 Å². The molecule has 3 rings (SSSR count). The maximum atomic E-state index is 11.0. The Labute approximate surface area is 174 Å². The quantitative estimate of drug-likeness (QED) is 0.476. The summed E-state index contributed by atoms with van der Waals surface area (Å²) in [6.45, 7) is 13.5. The van der Waals surface area contributed by atoms with Crippen LogP contribution in [-0.4, -0.2) is 67.4 Å². The summed E-state index contributed by atoms with van der Waals surface area (Å²) < 4.78 is 11.2. The van der Waals surface area contributed by atoms with Gasteiger partial charge in [-0.15, -0.1) is 0 Å². The van der Waals surface area contributed by atoms with Crippen LogP contribution in [0.3, 0.4) is 0 Å². The lowest BCUT2D eigenvalue weighted by atomic mass is 9.88. The van der Waals surface area contributed by atoms with Gasteiger partial charge in [0.15, 0.2) is 5.96 Å². The van der Waals surface area contributed by atoms with Gasteiger partial charge in [0, 0.05) is 37.4 Å². The predicted octanol–water partition coefficient (Wildman–Crippen LogP) is 2.30. The Balaban J connectivity index is 1.69. The first-order valence-electron chi connectivity index (χ1n) is 11.0. The van der Waals surface area contributed by atoms with Gasteiger partial charge in [0.25, 0.3) is 0 Å². The molecule has 0 amide bonds. The van der Waals surface area contributed by atoms with Crippen molar-refractivity contribution in [3.8, 4) is 0 Å². The smallest absolute Gasteiger partial charge is 0.191 e. The van der Waals surface area contributed by atoms with Crippen molar-refractivity contribution in [1.82, 2.24) is 15.5 Å². The van der Waals surface area contributed by atoms with Gasteiger partial charge in [0.05, 0.1) is 6.54 Å². The number of guanidine groups is 1. The molecule has 0 spiro atoms. The van der Waals surface area contributed by atoms with Crippen LogP contribution in [0.5, 0.6) is 0 Å². The monoisotopic (exact) mass is 406 g/mol. The first-order valence-corrected chi connectivity index (χ1v) is 11.0. The van der Waals surface area contributed by atoms with Crippen LogP contribution in [0.25, 0.3) is 0 Å². The van der Waals surface area contributed by atoms with Crippen molar-refractivity contribution in [3.63, 3.8) is 0 Å². The molecule has 1 aromatic rings. The van der Waals surface area contributed by atoms with E-state index in [-0.39, 0.29) is 12.1 Å². The molecule has 7 heteroatoms. The van der Waals surface area contributed by atoms with E-state index in [1.54, 1.807) is 6.92 Å². The standard InChI is InChI=1S/C22H38N4O3/c1-5-23-20(24-15-21(4,27)19-14-17(2)29-18(19)3)25-16-22(8-12-28-13-9-22)26-10-6-7-11-26/h14,27H,5-13,15-16H2,1-4H3,(H2,23,24,25). The average molecular weight is 407 g/mol. The molecule has 0 aromatic carbocycles. The summed E-state index contributed by atoms with van der Waals surface area (Å²) in [4.78, 5) is 7.35. The van der Waals surface area contributed by atoms with Gasteiger partial charge in [-0.1, -0.05) is 0 Å². The van der Waals surface area contributed by atoms with Crippen molar-refractivity contribution in [3.05, 3.63) is 23.2 Å². The maximum absolute atomic E-state index is 11.0. The van der Waals surface area contributed by atoms with Crippen molar-refractivity contribution >= 4 is 5.96 Å². The highest BCUT2D eigenvalue weighted by molar-refractivity contribution is 5.79. The summed E-state index contributed by atoms with van der Waals surface area (Å²) in [7, 11) is 0. The van der Waals surface area contributed by atoms with Gasteiger partial charge in [-0.2, -0.15) is 0 Å². The highest BCUT2D eigenvalue weighted by Crippen LogP contribution is 2.31. The molecule has 3 N–H and O–H groups in total. The van der Waals surface area contributed by atoms with Gasteiger partial charge >= 0.3 is 0 Å². The Morgan fingerprint density at radius 2 is 1.93 bits per heavy atom. The van der Waals surface area contributed by atoms with Gasteiger partial charge in [-0.05, 0) is 72.5 Å². The van der Waals surface area contributed by atoms with Crippen molar-refractivity contribution < 1.29 is 14.3 Å². The fourth-order valence-corrected chi connectivity index (χ4v) is 4.62. The zero-order valence-electron chi connectivity index (χ0n) is 18.5. The van der Waals surface area contributed by atoms with Crippen LogP contribution in [0, 0.1) is 13.8 Å². The largest absolute Gasteiger partial charge is 0.466 e. The van der Waals surface area contributed by atoms with E-state index in [1.807, 2.05) is 19.9 Å². The second-order valence-electron chi connectivity index (χ2n) is 8.68. The Hall–Kier alpha value is -1.57. The molecule has 164 valence electrons. The number of hydrogen-bond acceptors (Lipinski definition) is 5. The summed E-state index contributed by atoms with van der Waals surface area (Å²) in [6, 6.07) is 1.90. The molecule has 0 aliphatic carbocycles. The van der Waals surface area contributed by atoms with E-state index in [9.17, 15) is 5.11 Å². The van der Waals surface area contributed by atoms with Gasteiger partial charge in [0.1, 0.15) is 17.1 Å². The van der Waals surface area contributed by atoms with Crippen LogP contribution in [0.1, 0.15) is 56.6 Å². The SMILES string of the molecule is CCNC(=NCC(C)(O)c1cc(C)oc1C)NCC1(N2CCCC2)CCOCC1. The summed E-state index contributed by atoms with van der Waals surface area (Å²) in [5, 5.41) is 17.9. The lowest BCUT2D eigenvalue weighted by Gasteiger charge is -2.45. The molecule has 2 saturated heterocycles. The van der Waals surface area contributed by atoms with Crippen LogP contribution in [0.15, 0.2) is 15.5 Å². The van der Waals surface area contributed by atoms with Gasteiger partial charge in [0.2, 0.25) is 0 Å². The number of aryl methyl sites for hydroxylation is 2. The molecule has 2 aliphatic heterocycles. The van der Waals surface area contributed by atoms with Crippen molar-refractivity contribution in [1.29, 1.82) is 0 Å². The second-order valence-corrected chi connectivity index (χ2v) is 8.68. The van der Waals surface area contributed by atoms with Crippen molar-refractivity contribution in [2.24, 2.45) is 4.99 Å². The zero-order chi connectivity index (χ0) is 20.9. The third-order valence-corrected chi connectivity index (χ3v) is 6.30. The number of likely N-dealkylation sites (tertiary alicyclic amines) is 1. The summed E-state index contributed by atoms with van der Waals surface area (Å²) in [5.41, 5.74) is -0.145. The van der Waals surface area contributed by atoms with Crippen LogP contribution >= 0.6 is 0 Å². The molecule has 1 unspecified atom stereocenters. The van der Waals surface area contributed by atoms with Crippen LogP contribution < -0.4 is 10.6 Å². The van der Waals surface area contributed by atoms with Gasteiger partial charge in [-0.25, -0.2) is 4.99 Å². The van der Waals surface area contributed by atoms with Gasteiger partial charge in [-0.3, -0.25) is 4.90 Å². The van der Waals surface area contributed by atoms with E-state index in [2.05, 4.69) is 22.5 Å². The molecule has 0 radical (unpaired) electrons. The van der Waals surface area contributed by atoms with Crippen LogP contribution in [-0.2, 0) is 10.3 Å². The molecule has 0 saturated carbocycles. The lowest BCUT2D eigenvalue weighted by Crippen LogP contribution is -2.58. The van der Waals surface area contributed by atoms with E-state index < -0.39 is 5.60 Å². The van der Waals surface area contributed by atoms with E-state index in [0.29, 0.717) is 0 Å². The van der Waals surface area contributed by atoms with E-state index in [1.165, 1.54) is 25.9 Å². The number of nitrogens with one attached hydrogen (secondary N) is 2. The lowest BCUT2D eigenvalue weighted by molar-refractivity contribution is -0.0164. The molecule has 2 fully saturated rings. The number of furan rings is 1. The minimum Gasteiger partial charge on any atom is -0.466 e. The normalized spacial score (nSPS) is 22.4. The third-order valence-electron chi connectivity index (χ3n) is 6.30. The number of hydrogen-bond donors (Lipinski definition) is 3. The minimum absolute atomic E-state index is 0.131. The molecular weight excluding hydrogens is 368 g/mol. The Morgan fingerprint density at radius 3 is 2.52 bits per heavy atom. The average Bonchev–Trinajstić information content (AvgIpc) is 3.35. The molecule has 1 aromatic heterocycles. The number of rotatable bonds is 7. The van der Waals surface area contributed by atoms with E-state index in [0.717, 1.165) is 62.2 Å². The molecular formula is C22H38N4O3. The second kappa shape index (κ2) is 9.49. The number of aliphatic imine (C=N–C) groups is 1. The van der Waals surface area contributed by atoms with Crippen molar-refractivity contribution in [2.75, 3.05) is 45.9 Å². The molecule has 7 nitrogen and oxygen atoms in total. The van der Waals surface area contributed by atoms with Crippen LogP contribution in [0.2, 0.25) is 0 Å². The summed E-state index contributed by atoms with van der Waals surface area (Å²) >= 11 is 0. The predicted molar refractivity (Wildman–Crippen MR) is 115 cm³/mol. The Kier molecular flexibility index (Phi) is 7.24. The molecule has 29 heavy (non-hydrogen) atoms. The zero-order valence-corrected chi connectivity index (χ0v) is 18.5. The number of ether oxygens (including phenoxy) is 1. The molecule has 0 bridgehead atoms. The van der Waals surface area contributed by atoms with Crippen LogP contribution in [0.4, 0.5) is 0 Å².